The van der Waals surface area contributed by atoms with E-state index in [1.54, 1.807) is 0 Å². The molecule has 1 aliphatic carbocycles. The van der Waals surface area contributed by atoms with Crippen LogP contribution in [0.2, 0.25) is 5.02 Å². The smallest absolute Gasteiger partial charge is 0.417 e. The molecular weight excluding hydrogens is 480 g/mol. The van der Waals surface area contributed by atoms with Crippen LogP contribution < -0.4 is 15.4 Å². The highest BCUT2D eigenvalue weighted by atomic mass is 35.5. The number of pyridine rings is 1. The molecule has 4 rings (SSSR count). The van der Waals surface area contributed by atoms with Crippen LogP contribution in [-0.2, 0) is 15.8 Å². The molecule has 0 spiro atoms. The Morgan fingerprint density at radius 1 is 1.12 bits per heavy atom. The average molecular weight is 499 g/mol. The summed E-state index contributed by atoms with van der Waals surface area (Å²) in [5, 5.41) is 5.49. The number of carbonyl (C=O) groups is 2. The van der Waals surface area contributed by atoms with Crippen molar-refractivity contribution in [1.29, 1.82) is 0 Å². The van der Waals surface area contributed by atoms with Gasteiger partial charge in [0.25, 0.3) is 0 Å². The maximum Gasteiger partial charge on any atom is 0.417 e. The summed E-state index contributed by atoms with van der Waals surface area (Å²) in [5.41, 5.74) is -0.149. The predicted octanol–water partition coefficient (Wildman–Crippen LogP) is 4.82. The van der Waals surface area contributed by atoms with Gasteiger partial charge in [-0.3, -0.25) is 9.59 Å². The summed E-state index contributed by atoms with van der Waals surface area (Å²) in [6, 6.07) is 4.36. The van der Waals surface area contributed by atoms with E-state index in [-0.39, 0.29) is 28.7 Å². The third-order valence-corrected chi connectivity index (χ3v) is 5.83. The molecule has 3 N–H and O–H groups in total. The van der Waals surface area contributed by atoms with E-state index in [0.29, 0.717) is 36.6 Å². The average Bonchev–Trinajstić information content (AvgIpc) is 3.16. The number of H-pyrrole nitrogens is 1. The van der Waals surface area contributed by atoms with Crippen LogP contribution >= 0.6 is 11.6 Å². The molecule has 1 aliphatic rings. The largest absolute Gasteiger partial charge is 0.474 e. The number of halogens is 5. The fourth-order valence-corrected chi connectivity index (χ4v) is 3.93. The standard InChI is InChI=1S/C22H19ClF4N4O3/c23-15-7-14-17(8-16(15)24)28-10-18(14)31-21(33)20(32)30-12-2-4-13(5-3-12)34-19-6-1-11(9-29-19)22(25,26)27/h1,6-10,12-13,28H,2-5H2,(H,30,32)(H,31,33)/t12-,13-. The molecule has 1 saturated carbocycles. The van der Waals surface area contributed by atoms with Crippen LogP contribution in [0.3, 0.4) is 0 Å². The minimum Gasteiger partial charge on any atom is -0.474 e. The van der Waals surface area contributed by atoms with Crippen molar-refractivity contribution in [2.24, 2.45) is 0 Å². The van der Waals surface area contributed by atoms with Gasteiger partial charge in [-0.25, -0.2) is 9.37 Å². The Morgan fingerprint density at radius 3 is 2.50 bits per heavy atom. The molecule has 3 aromatic rings. The first-order valence-corrected chi connectivity index (χ1v) is 10.8. The van der Waals surface area contributed by atoms with Crippen LogP contribution in [-0.4, -0.2) is 33.9 Å². The summed E-state index contributed by atoms with van der Waals surface area (Å²) in [6.45, 7) is 0. The van der Waals surface area contributed by atoms with Crippen LogP contribution in [0, 0.1) is 5.82 Å². The van der Waals surface area contributed by atoms with E-state index in [1.165, 1.54) is 24.4 Å². The minimum atomic E-state index is -4.47. The number of carbonyl (C=O) groups excluding carboxylic acids is 2. The highest BCUT2D eigenvalue weighted by Gasteiger charge is 2.31. The van der Waals surface area contributed by atoms with Crippen molar-refractivity contribution >= 4 is 40.0 Å². The van der Waals surface area contributed by atoms with Crippen LogP contribution in [0.1, 0.15) is 31.2 Å². The second-order valence-corrected chi connectivity index (χ2v) is 8.32. The number of aromatic amines is 1. The quantitative estimate of drug-likeness (QED) is 0.355. The van der Waals surface area contributed by atoms with Gasteiger partial charge in [-0.15, -0.1) is 0 Å². The summed E-state index contributed by atoms with van der Waals surface area (Å²) >= 11 is 5.79. The minimum absolute atomic E-state index is 0.0959. The van der Waals surface area contributed by atoms with E-state index in [0.717, 1.165) is 12.3 Å². The van der Waals surface area contributed by atoms with Gasteiger partial charge in [-0.05, 0) is 43.9 Å². The molecule has 1 aromatic carbocycles. The van der Waals surface area contributed by atoms with Crippen LogP contribution in [0.4, 0.5) is 23.2 Å². The number of benzene rings is 1. The lowest BCUT2D eigenvalue weighted by atomic mass is 9.93. The van der Waals surface area contributed by atoms with Gasteiger partial charge in [0.1, 0.15) is 11.9 Å². The van der Waals surface area contributed by atoms with Gasteiger partial charge >= 0.3 is 18.0 Å². The third-order valence-electron chi connectivity index (χ3n) is 5.54. The lowest BCUT2D eigenvalue weighted by Gasteiger charge is -2.29. The van der Waals surface area contributed by atoms with E-state index in [9.17, 15) is 27.2 Å². The molecule has 12 heteroatoms. The Morgan fingerprint density at radius 2 is 1.85 bits per heavy atom. The highest BCUT2D eigenvalue weighted by molar-refractivity contribution is 6.40. The molecule has 0 bridgehead atoms. The fraction of sp³-hybridized carbons (Fsp3) is 0.318. The number of ether oxygens (including phenoxy) is 1. The molecule has 0 saturated heterocycles. The molecule has 0 atom stereocenters. The van der Waals surface area contributed by atoms with E-state index in [4.69, 9.17) is 16.3 Å². The number of aromatic nitrogens is 2. The Bertz CT molecular complexity index is 1210. The lowest BCUT2D eigenvalue weighted by Crippen LogP contribution is -2.44. The Labute approximate surface area is 195 Å². The van der Waals surface area contributed by atoms with Crippen molar-refractivity contribution in [2.75, 3.05) is 5.32 Å². The van der Waals surface area contributed by atoms with Gasteiger partial charge in [-0.1, -0.05) is 11.6 Å². The van der Waals surface area contributed by atoms with Crippen LogP contribution in [0.25, 0.3) is 10.9 Å². The zero-order valence-corrected chi connectivity index (χ0v) is 18.3. The maximum absolute atomic E-state index is 13.6. The number of nitrogens with zero attached hydrogens (tertiary/aromatic N) is 1. The molecule has 34 heavy (non-hydrogen) atoms. The first kappa shape index (κ1) is 23.8. The zero-order chi connectivity index (χ0) is 24.5. The van der Waals surface area contributed by atoms with Gasteiger partial charge in [0.2, 0.25) is 5.88 Å². The number of nitrogens with one attached hydrogen (secondary N) is 3. The van der Waals surface area contributed by atoms with Crippen LogP contribution in [0.5, 0.6) is 5.88 Å². The first-order chi connectivity index (χ1) is 16.1. The van der Waals surface area contributed by atoms with Gasteiger partial charge in [0.15, 0.2) is 0 Å². The summed E-state index contributed by atoms with van der Waals surface area (Å²) in [6.07, 6.45) is -0.473. The van der Waals surface area contributed by atoms with E-state index < -0.39 is 29.4 Å². The van der Waals surface area contributed by atoms with Crippen molar-refractivity contribution < 1.29 is 31.9 Å². The second kappa shape index (κ2) is 9.49. The maximum atomic E-state index is 13.6. The van der Waals surface area contributed by atoms with Crippen molar-refractivity contribution in [3.8, 4) is 5.88 Å². The van der Waals surface area contributed by atoms with E-state index in [1.807, 2.05) is 0 Å². The molecule has 0 unspecified atom stereocenters. The molecule has 2 amide bonds. The topological polar surface area (TPSA) is 96.1 Å². The SMILES string of the molecule is O=C(Nc1c[nH]c2cc(F)c(Cl)cc12)C(=O)N[C@H]1CC[C@H](Oc2ccc(C(F)(F)F)cn2)CC1. The molecule has 2 heterocycles. The lowest BCUT2D eigenvalue weighted by molar-refractivity contribution is -0.137. The first-order valence-electron chi connectivity index (χ1n) is 10.4. The van der Waals surface area contributed by atoms with E-state index >= 15 is 0 Å². The number of anilines is 1. The van der Waals surface area contributed by atoms with Gasteiger partial charge in [0.05, 0.1) is 21.8 Å². The summed E-state index contributed by atoms with van der Waals surface area (Å²) in [5.74, 6) is -2.22. The van der Waals surface area contributed by atoms with Crippen molar-refractivity contribution in [3.63, 3.8) is 0 Å². The third kappa shape index (κ3) is 5.41. The molecule has 180 valence electrons. The fourth-order valence-electron chi connectivity index (χ4n) is 3.76. The summed E-state index contributed by atoms with van der Waals surface area (Å²) in [4.78, 5) is 31.2. The molecular formula is C22H19ClF4N4O3. The number of rotatable bonds is 4. The molecule has 0 radical (unpaired) electrons. The molecule has 0 aliphatic heterocycles. The Hall–Kier alpha value is -3.34. The highest BCUT2D eigenvalue weighted by Crippen LogP contribution is 2.30. The van der Waals surface area contributed by atoms with Crippen LogP contribution in [0.15, 0.2) is 36.7 Å². The number of fused-ring (bicyclic) bond motifs is 1. The second-order valence-electron chi connectivity index (χ2n) is 7.92. The summed E-state index contributed by atoms with van der Waals surface area (Å²) < 4.78 is 57.1. The van der Waals surface area contributed by atoms with Gasteiger partial charge in [0, 0.05) is 29.9 Å². The van der Waals surface area contributed by atoms with E-state index in [2.05, 4.69) is 20.6 Å². The number of hydrogen-bond acceptors (Lipinski definition) is 4. The Kier molecular flexibility index (Phi) is 6.65. The normalized spacial score (nSPS) is 18.5. The number of hydrogen-bond donors (Lipinski definition) is 3. The monoisotopic (exact) mass is 498 g/mol. The van der Waals surface area contributed by atoms with Crippen molar-refractivity contribution in [3.05, 3.63) is 53.1 Å². The molecule has 7 nitrogen and oxygen atoms in total. The molecule has 2 aromatic heterocycles. The van der Waals surface area contributed by atoms with Crippen molar-refractivity contribution in [2.45, 2.75) is 44.0 Å². The predicted molar refractivity (Wildman–Crippen MR) is 116 cm³/mol. The number of alkyl halides is 3. The Balaban J connectivity index is 1.26. The van der Waals surface area contributed by atoms with Gasteiger partial charge < -0.3 is 20.4 Å². The zero-order valence-electron chi connectivity index (χ0n) is 17.5. The van der Waals surface area contributed by atoms with Crippen molar-refractivity contribution in [1.82, 2.24) is 15.3 Å². The summed E-state index contributed by atoms with van der Waals surface area (Å²) in [7, 11) is 0. The van der Waals surface area contributed by atoms with Gasteiger partial charge in [-0.2, -0.15) is 13.2 Å². The molecule has 1 fully saturated rings. The number of amides is 2.